The molecule has 9 nitrogen and oxygen atoms in total. The lowest BCUT2D eigenvalue weighted by Gasteiger charge is -2.32. The third-order valence-electron chi connectivity index (χ3n) is 6.31. The maximum Gasteiger partial charge on any atom is 0.278 e. The van der Waals surface area contributed by atoms with Crippen LogP contribution in [0.2, 0.25) is 0 Å². The number of amides is 1. The molecule has 0 spiro atoms. The van der Waals surface area contributed by atoms with Gasteiger partial charge in [-0.3, -0.25) is 10.1 Å². The van der Waals surface area contributed by atoms with E-state index in [2.05, 4.69) is 21.1 Å². The lowest BCUT2D eigenvalue weighted by Crippen LogP contribution is -2.46. The molecule has 1 aromatic rings. The van der Waals surface area contributed by atoms with E-state index in [9.17, 15) is 15.0 Å². The Hall–Kier alpha value is -1.94. The van der Waals surface area contributed by atoms with Gasteiger partial charge in [0.25, 0.3) is 5.91 Å². The molecule has 2 unspecified atom stereocenters. The molecular weight excluding hydrogens is 400 g/mol. The van der Waals surface area contributed by atoms with Crippen LogP contribution in [0.5, 0.6) is 0 Å². The Balaban J connectivity index is 1.70. The molecule has 0 bridgehead atoms. The van der Waals surface area contributed by atoms with Crippen molar-refractivity contribution >= 4 is 5.91 Å². The van der Waals surface area contributed by atoms with Crippen LogP contribution in [-0.2, 0) is 4.74 Å². The van der Waals surface area contributed by atoms with Gasteiger partial charge in [0.1, 0.15) is 12.3 Å². The SMILES string of the molecule is CN/C(C)=C(/NC(=O)c1noc([C@@H]2CCC(C)(O)CO2)c1C)C(O)NC1CCCCC1. The summed E-state index contributed by atoms with van der Waals surface area (Å²) >= 11 is 0. The monoisotopic (exact) mass is 436 g/mol. The average molecular weight is 437 g/mol. The van der Waals surface area contributed by atoms with Gasteiger partial charge in [-0.2, -0.15) is 0 Å². The Bertz CT molecular complexity index is 788. The van der Waals surface area contributed by atoms with Crippen LogP contribution in [-0.4, -0.2) is 52.8 Å². The molecule has 1 aromatic heterocycles. The number of carbonyl (C=O) groups excluding carboxylic acids is 1. The highest BCUT2D eigenvalue weighted by molar-refractivity contribution is 5.95. The zero-order chi connectivity index (χ0) is 22.6. The van der Waals surface area contributed by atoms with E-state index in [-0.39, 0.29) is 24.4 Å². The third-order valence-corrected chi connectivity index (χ3v) is 6.31. The minimum Gasteiger partial charge on any atom is -0.390 e. The molecule has 2 fully saturated rings. The highest BCUT2D eigenvalue weighted by atomic mass is 16.5. The number of hydrogen-bond acceptors (Lipinski definition) is 8. The number of carbonyl (C=O) groups is 1. The fourth-order valence-electron chi connectivity index (χ4n) is 4.20. The maximum absolute atomic E-state index is 13.0. The quantitative estimate of drug-likeness (QED) is 0.411. The fraction of sp³-hybridized carbons (Fsp3) is 0.727. The second-order valence-electron chi connectivity index (χ2n) is 9.00. The first-order valence-electron chi connectivity index (χ1n) is 11.2. The summed E-state index contributed by atoms with van der Waals surface area (Å²) in [6.45, 7) is 5.50. The predicted molar refractivity (Wildman–Crippen MR) is 115 cm³/mol. The number of aliphatic hydroxyl groups is 2. The van der Waals surface area contributed by atoms with Crippen LogP contribution in [0.1, 0.15) is 86.7 Å². The Morgan fingerprint density at radius 3 is 2.58 bits per heavy atom. The summed E-state index contributed by atoms with van der Waals surface area (Å²) in [6, 6.07) is 0.223. The number of hydrogen-bond donors (Lipinski definition) is 5. The Morgan fingerprint density at radius 1 is 1.26 bits per heavy atom. The number of nitrogens with one attached hydrogen (secondary N) is 3. The maximum atomic E-state index is 13.0. The molecular formula is C22H36N4O5. The fourth-order valence-corrected chi connectivity index (χ4v) is 4.20. The lowest BCUT2D eigenvalue weighted by molar-refractivity contribution is -0.117. The molecule has 9 heteroatoms. The summed E-state index contributed by atoms with van der Waals surface area (Å²) in [5, 5.41) is 33.8. The molecule has 1 aliphatic carbocycles. The van der Waals surface area contributed by atoms with E-state index in [4.69, 9.17) is 9.26 Å². The van der Waals surface area contributed by atoms with Crippen LogP contribution in [0.15, 0.2) is 15.9 Å². The van der Waals surface area contributed by atoms with Crippen molar-refractivity contribution in [1.82, 2.24) is 21.1 Å². The van der Waals surface area contributed by atoms with E-state index >= 15 is 0 Å². The first kappa shape index (κ1) is 23.7. The number of ether oxygens (including phenoxy) is 1. The molecule has 0 radical (unpaired) electrons. The first-order chi connectivity index (χ1) is 14.7. The standard InChI is InChI=1S/C22H36N4O5/c1-13-17(26-31-19(13)16-10-11-22(3,29)12-30-16)20(27)25-18(14(2)23-4)21(28)24-15-8-6-5-7-9-15/h15-16,21,23-24,28-29H,5-12H2,1-4H3,(H,25,27)/b18-14+/t16-,21?,22?/m0/s1. The van der Waals surface area contributed by atoms with Gasteiger partial charge in [0.15, 0.2) is 11.5 Å². The second kappa shape index (κ2) is 10.1. The van der Waals surface area contributed by atoms with Crippen molar-refractivity contribution in [3.63, 3.8) is 0 Å². The third kappa shape index (κ3) is 5.85. The molecule has 1 saturated heterocycles. The summed E-state index contributed by atoms with van der Waals surface area (Å²) in [4.78, 5) is 13.0. The second-order valence-corrected chi connectivity index (χ2v) is 9.00. The summed E-state index contributed by atoms with van der Waals surface area (Å²) in [6.07, 6.45) is 5.33. The lowest BCUT2D eigenvalue weighted by atomic mass is 9.94. The Morgan fingerprint density at radius 2 is 1.97 bits per heavy atom. The topological polar surface area (TPSA) is 129 Å². The summed E-state index contributed by atoms with van der Waals surface area (Å²) in [5.41, 5.74) is 0.925. The van der Waals surface area contributed by atoms with Crippen LogP contribution in [0.3, 0.4) is 0 Å². The molecule has 0 aromatic carbocycles. The van der Waals surface area contributed by atoms with Crippen LogP contribution in [0.4, 0.5) is 0 Å². The van der Waals surface area contributed by atoms with Gasteiger partial charge in [0.2, 0.25) is 0 Å². The Labute approximate surface area is 183 Å². The Kier molecular flexibility index (Phi) is 7.74. The summed E-state index contributed by atoms with van der Waals surface area (Å²) in [5.74, 6) is 0.0433. The zero-order valence-electron chi connectivity index (χ0n) is 19.0. The molecule has 3 rings (SSSR count). The smallest absolute Gasteiger partial charge is 0.278 e. The molecule has 1 saturated carbocycles. The minimum absolute atomic E-state index is 0.155. The predicted octanol–water partition coefficient (Wildman–Crippen LogP) is 2.01. The zero-order valence-corrected chi connectivity index (χ0v) is 19.0. The molecule has 1 amide bonds. The van der Waals surface area contributed by atoms with E-state index in [1.807, 2.05) is 0 Å². The van der Waals surface area contributed by atoms with Gasteiger partial charge in [-0.15, -0.1) is 0 Å². The molecule has 2 heterocycles. The molecule has 31 heavy (non-hydrogen) atoms. The van der Waals surface area contributed by atoms with Crippen LogP contribution >= 0.6 is 0 Å². The molecule has 174 valence electrons. The molecule has 3 atom stereocenters. The van der Waals surface area contributed by atoms with Crippen molar-refractivity contribution in [3.05, 3.63) is 28.4 Å². The van der Waals surface area contributed by atoms with Crippen molar-refractivity contribution in [3.8, 4) is 0 Å². The van der Waals surface area contributed by atoms with E-state index in [0.717, 1.165) is 25.7 Å². The van der Waals surface area contributed by atoms with Gasteiger partial charge in [-0.25, -0.2) is 0 Å². The number of rotatable bonds is 7. The summed E-state index contributed by atoms with van der Waals surface area (Å²) in [7, 11) is 1.74. The van der Waals surface area contributed by atoms with Gasteiger partial charge < -0.3 is 30.1 Å². The largest absolute Gasteiger partial charge is 0.390 e. The number of aliphatic hydroxyl groups excluding tert-OH is 1. The normalized spacial score (nSPS) is 26.8. The van der Waals surface area contributed by atoms with Gasteiger partial charge in [0, 0.05) is 24.4 Å². The van der Waals surface area contributed by atoms with Crippen molar-refractivity contribution in [1.29, 1.82) is 0 Å². The van der Waals surface area contributed by atoms with Crippen LogP contribution < -0.4 is 16.0 Å². The van der Waals surface area contributed by atoms with E-state index in [1.54, 1.807) is 27.8 Å². The molecule has 1 aliphatic heterocycles. The van der Waals surface area contributed by atoms with Crippen LogP contribution in [0.25, 0.3) is 0 Å². The van der Waals surface area contributed by atoms with Crippen molar-refractivity contribution in [2.75, 3.05) is 13.7 Å². The van der Waals surface area contributed by atoms with Gasteiger partial charge >= 0.3 is 0 Å². The van der Waals surface area contributed by atoms with E-state index in [1.165, 1.54) is 6.42 Å². The van der Waals surface area contributed by atoms with E-state index in [0.29, 0.717) is 35.6 Å². The highest BCUT2D eigenvalue weighted by Crippen LogP contribution is 2.34. The minimum atomic E-state index is -1.00. The van der Waals surface area contributed by atoms with Gasteiger partial charge in [-0.1, -0.05) is 24.4 Å². The van der Waals surface area contributed by atoms with Crippen molar-refractivity contribution in [2.24, 2.45) is 0 Å². The van der Waals surface area contributed by atoms with Gasteiger partial charge in [0.05, 0.1) is 17.9 Å². The molecule has 2 aliphatic rings. The number of nitrogens with zero attached hydrogens (tertiary/aromatic N) is 1. The van der Waals surface area contributed by atoms with Crippen molar-refractivity contribution in [2.45, 2.75) is 89.7 Å². The molecule has 5 N–H and O–H groups in total. The number of aromatic nitrogens is 1. The first-order valence-corrected chi connectivity index (χ1v) is 11.2. The number of allylic oxidation sites excluding steroid dienone is 1. The van der Waals surface area contributed by atoms with Gasteiger partial charge in [-0.05, 0) is 46.5 Å². The average Bonchev–Trinajstić information content (AvgIpc) is 3.13. The van der Waals surface area contributed by atoms with Crippen LogP contribution in [0, 0.1) is 6.92 Å². The summed E-state index contributed by atoms with van der Waals surface area (Å²) < 4.78 is 11.2. The highest BCUT2D eigenvalue weighted by Gasteiger charge is 2.34. The van der Waals surface area contributed by atoms with E-state index < -0.39 is 17.7 Å². The van der Waals surface area contributed by atoms with Crippen molar-refractivity contribution < 1.29 is 24.3 Å².